The monoisotopic (exact) mass is 316 g/mol. The van der Waals surface area contributed by atoms with E-state index in [0.717, 1.165) is 44.3 Å². The summed E-state index contributed by atoms with van der Waals surface area (Å²) in [5.41, 5.74) is -0.184. The fourth-order valence-corrected chi connectivity index (χ4v) is 3.26. The van der Waals surface area contributed by atoms with Crippen LogP contribution in [0.3, 0.4) is 0 Å². The number of halogens is 1. The Morgan fingerprint density at radius 2 is 2.00 bits per heavy atom. The molecule has 0 aliphatic carbocycles. The van der Waals surface area contributed by atoms with E-state index in [9.17, 15) is 4.39 Å². The molecule has 7 nitrogen and oxygen atoms in total. The van der Waals surface area contributed by atoms with Gasteiger partial charge in [0, 0.05) is 25.4 Å². The molecule has 0 saturated carbocycles. The van der Waals surface area contributed by atoms with Gasteiger partial charge in [-0.3, -0.25) is 0 Å². The van der Waals surface area contributed by atoms with Gasteiger partial charge >= 0.3 is 0 Å². The summed E-state index contributed by atoms with van der Waals surface area (Å²) in [5, 5.41) is 3.21. The summed E-state index contributed by atoms with van der Waals surface area (Å²) in [4.78, 5) is 18.6. The van der Waals surface area contributed by atoms with E-state index in [-0.39, 0.29) is 11.6 Å². The second kappa shape index (κ2) is 5.69. The molecule has 2 aromatic heterocycles. The third-order valence-corrected chi connectivity index (χ3v) is 4.31. The van der Waals surface area contributed by atoms with Crippen LogP contribution in [0.2, 0.25) is 0 Å². The Bertz CT molecular complexity index is 669. The van der Waals surface area contributed by atoms with Crippen LogP contribution in [0.4, 0.5) is 16.3 Å². The molecule has 2 aliphatic rings. The van der Waals surface area contributed by atoms with Crippen molar-refractivity contribution in [1.29, 1.82) is 0 Å². The van der Waals surface area contributed by atoms with Crippen molar-refractivity contribution in [3.05, 3.63) is 36.7 Å². The molecule has 2 aromatic rings. The third-order valence-electron chi connectivity index (χ3n) is 4.31. The van der Waals surface area contributed by atoms with Gasteiger partial charge in [0.15, 0.2) is 5.82 Å². The summed E-state index contributed by atoms with van der Waals surface area (Å²) < 4.78 is 18.9. The molecule has 8 heteroatoms. The van der Waals surface area contributed by atoms with Crippen LogP contribution in [0.1, 0.15) is 12.8 Å². The first-order valence-corrected chi connectivity index (χ1v) is 7.62. The van der Waals surface area contributed by atoms with Gasteiger partial charge in [-0.15, -0.1) is 0 Å². The summed E-state index contributed by atoms with van der Waals surface area (Å²) in [6, 6.07) is 1.93. The van der Waals surface area contributed by atoms with Crippen LogP contribution in [0.25, 0.3) is 0 Å². The van der Waals surface area contributed by atoms with Crippen molar-refractivity contribution in [2.45, 2.75) is 24.5 Å². The van der Waals surface area contributed by atoms with Crippen molar-refractivity contribution in [2.75, 3.05) is 29.9 Å². The molecule has 0 amide bonds. The molecule has 0 radical (unpaired) electrons. The number of hydrogen-bond donors (Lipinski definition) is 1. The van der Waals surface area contributed by atoms with E-state index in [2.05, 4.69) is 30.2 Å². The van der Waals surface area contributed by atoms with E-state index < -0.39 is 5.82 Å². The summed E-state index contributed by atoms with van der Waals surface area (Å²) in [6.45, 7) is 2.24. The average Bonchev–Trinajstić information content (AvgIpc) is 3.18. The van der Waals surface area contributed by atoms with Gasteiger partial charge in [-0.25, -0.2) is 24.3 Å². The van der Waals surface area contributed by atoms with Gasteiger partial charge in [-0.05, 0) is 12.5 Å². The van der Waals surface area contributed by atoms with E-state index in [0.29, 0.717) is 12.6 Å². The second-order valence-electron chi connectivity index (χ2n) is 5.98. The SMILES string of the molecule is Fc1cnc(N[C@@H]2CO[C@@]3(CCN(c4ncccn4)C3)C2)nc1. The van der Waals surface area contributed by atoms with Crippen LogP contribution in [-0.2, 0) is 4.74 Å². The molecular weight excluding hydrogens is 299 g/mol. The number of rotatable bonds is 3. The van der Waals surface area contributed by atoms with Gasteiger partial charge in [-0.2, -0.15) is 0 Å². The summed E-state index contributed by atoms with van der Waals surface area (Å²) in [6.07, 6.45) is 7.61. The zero-order chi connectivity index (χ0) is 15.7. The van der Waals surface area contributed by atoms with Gasteiger partial charge in [0.25, 0.3) is 0 Å². The number of aromatic nitrogens is 4. The maximum Gasteiger partial charge on any atom is 0.225 e. The Morgan fingerprint density at radius 1 is 1.22 bits per heavy atom. The van der Waals surface area contributed by atoms with E-state index in [1.54, 1.807) is 12.4 Å². The third kappa shape index (κ3) is 2.94. The Hall–Kier alpha value is -2.35. The summed E-state index contributed by atoms with van der Waals surface area (Å²) in [7, 11) is 0. The van der Waals surface area contributed by atoms with E-state index in [1.165, 1.54) is 0 Å². The molecule has 4 rings (SSSR count). The predicted octanol–water partition coefficient (Wildman–Crippen LogP) is 1.26. The lowest BCUT2D eigenvalue weighted by atomic mass is 9.97. The fourth-order valence-electron chi connectivity index (χ4n) is 3.26. The highest BCUT2D eigenvalue weighted by atomic mass is 19.1. The smallest absolute Gasteiger partial charge is 0.225 e. The molecule has 0 unspecified atom stereocenters. The second-order valence-corrected chi connectivity index (χ2v) is 5.98. The molecule has 120 valence electrons. The Labute approximate surface area is 132 Å². The topological polar surface area (TPSA) is 76.1 Å². The van der Waals surface area contributed by atoms with Crippen molar-refractivity contribution >= 4 is 11.9 Å². The van der Waals surface area contributed by atoms with Crippen molar-refractivity contribution in [2.24, 2.45) is 0 Å². The molecule has 2 atom stereocenters. The molecule has 1 spiro atoms. The highest BCUT2D eigenvalue weighted by Gasteiger charge is 2.46. The van der Waals surface area contributed by atoms with Gasteiger partial charge in [0.1, 0.15) is 0 Å². The highest BCUT2D eigenvalue weighted by molar-refractivity contribution is 5.34. The molecule has 0 aromatic carbocycles. The van der Waals surface area contributed by atoms with Crippen molar-refractivity contribution < 1.29 is 9.13 Å². The minimum absolute atomic E-state index is 0.122. The average molecular weight is 316 g/mol. The molecule has 0 bridgehead atoms. The van der Waals surface area contributed by atoms with E-state index >= 15 is 0 Å². The molecule has 2 saturated heterocycles. The number of anilines is 2. The first-order valence-electron chi connectivity index (χ1n) is 7.62. The van der Waals surface area contributed by atoms with Crippen LogP contribution in [0.5, 0.6) is 0 Å². The normalized spacial score (nSPS) is 26.8. The van der Waals surface area contributed by atoms with Crippen molar-refractivity contribution in [3.63, 3.8) is 0 Å². The molecule has 4 heterocycles. The highest BCUT2D eigenvalue weighted by Crippen LogP contribution is 2.36. The molecule has 2 fully saturated rings. The maximum atomic E-state index is 12.9. The number of ether oxygens (including phenoxy) is 1. The summed E-state index contributed by atoms with van der Waals surface area (Å²) >= 11 is 0. The molecular formula is C15H17FN6O. The van der Waals surface area contributed by atoms with Crippen molar-refractivity contribution in [3.8, 4) is 0 Å². The summed E-state index contributed by atoms with van der Waals surface area (Å²) in [5.74, 6) is 0.730. The Kier molecular flexibility index (Phi) is 3.53. The van der Waals surface area contributed by atoms with Gasteiger partial charge in [-0.1, -0.05) is 0 Å². The maximum absolute atomic E-state index is 12.9. The van der Waals surface area contributed by atoms with Crippen LogP contribution >= 0.6 is 0 Å². The Morgan fingerprint density at radius 3 is 2.78 bits per heavy atom. The standard InChI is InChI=1S/C15H17FN6O/c16-11-7-19-13(20-8-11)21-12-6-15(23-9-12)2-5-22(10-15)14-17-3-1-4-18-14/h1,3-4,7-8,12H,2,5-6,9-10H2,(H,19,20,21)/t12-,15-/m0/s1. The molecule has 1 N–H and O–H groups in total. The lowest BCUT2D eigenvalue weighted by molar-refractivity contribution is 0.0228. The number of nitrogens with one attached hydrogen (secondary N) is 1. The van der Waals surface area contributed by atoms with E-state index in [1.807, 2.05) is 6.07 Å². The van der Waals surface area contributed by atoms with Gasteiger partial charge in [0.05, 0.1) is 37.2 Å². The number of hydrogen-bond acceptors (Lipinski definition) is 7. The fraction of sp³-hybridized carbons (Fsp3) is 0.467. The van der Waals surface area contributed by atoms with Gasteiger partial charge < -0.3 is 15.0 Å². The first kappa shape index (κ1) is 14.3. The quantitative estimate of drug-likeness (QED) is 0.913. The molecule has 23 heavy (non-hydrogen) atoms. The lowest BCUT2D eigenvalue weighted by Gasteiger charge is -2.23. The zero-order valence-corrected chi connectivity index (χ0v) is 12.5. The molecule has 2 aliphatic heterocycles. The zero-order valence-electron chi connectivity index (χ0n) is 12.5. The largest absolute Gasteiger partial charge is 0.371 e. The minimum atomic E-state index is -0.441. The van der Waals surface area contributed by atoms with Crippen molar-refractivity contribution in [1.82, 2.24) is 19.9 Å². The predicted molar refractivity (Wildman–Crippen MR) is 81.6 cm³/mol. The van der Waals surface area contributed by atoms with Crippen LogP contribution in [0.15, 0.2) is 30.9 Å². The van der Waals surface area contributed by atoms with Crippen LogP contribution in [0, 0.1) is 5.82 Å². The van der Waals surface area contributed by atoms with Gasteiger partial charge in [0.2, 0.25) is 11.9 Å². The number of nitrogens with zero attached hydrogens (tertiary/aromatic N) is 5. The first-order chi connectivity index (χ1) is 11.2. The minimum Gasteiger partial charge on any atom is -0.371 e. The van der Waals surface area contributed by atoms with Crippen LogP contribution in [-0.4, -0.2) is 51.3 Å². The van der Waals surface area contributed by atoms with E-state index in [4.69, 9.17) is 4.74 Å². The van der Waals surface area contributed by atoms with Crippen LogP contribution < -0.4 is 10.2 Å². The lowest BCUT2D eigenvalue weighted by Crippen LogP contribution is -2.34. The Balaban J connectivity index is 1.39.